The van der Waals surface area contributed by atoms with Crippen molar-refractivity contribution < 1.29 is 0 Å². The molecule has 0 saturated heterocycles. The number of aromatic nitrogens is 5. The molecule has 2 rings (SSSR count). The van der Waals surface area contributed by atoms with Crippen LogP contribution in [0.2, 0.25) is 0 Å². The Morgan fingerprint density at radius 2 is 2.05 bits per heavy atom. The SMILES string of the molecule is CCCn1nncc1-c1nc(C(C)C)nc(NC)c1C. The van der Waals surface area contributed by atoms with Crippen molar-refractivity contribution in [2.75, 3.05) is 12.4 Å². The highest BCUT2D eigenvalue weighted by Gasteiger charge is 2.17. The maximum atomic E-state index is 4.71. The zero-order valence-corrected chi connectivity index (χ0v) is 12.8. The average molecular weight is 274 g/mol. The number of aryl methyl sites for hydroxylation is 1. The van der Waals surface area contributed by atoms with Crippen LogP contribution in [0.15, 0.2) is 6.20 Å². The monoisotopic (exact) mass is 274 g/mol. The summed E-state index contributed by atoms with van der Waals surface area (Å²) in [5, 5.41) is 11.3. The van der Waals surface area contributed by atoms with Crippen molar-refractivity contribution in [1.29, 1.82) is 0 Å². The minimum atomic E-state index is 0.275. The Balaban J connectivity index is 2.59. The third kappa shape index (κ3) is 2.64. The number of hydrogen-bond acceptors (Lipinski definition) is 5. The van der Waals surface area contributed by atoms with Gasteiger partial charge in [0.1, 0.15) is 17.3 Å². The van der Waals surface area contributed by atoms with Gasteiger partial charge < -0.3 is 5.32 Å². The molecule has 6 heteroatoms. The highest BCUT2D eigenvalue weighted by Crippen LogP contribution is 2.27. The lowest BCUT2D eigenvalue weighted by molar-refractivity contribution is 0.582. The standard InChI is InChI=1S/C14H22N6/c1-6-7-20-11(8-16-19-20)12-10(4)14(15-5)18-13(17-12)9(2)3/h8-9H,6-7H2,1-5H3,(H,15,17,18). The van der Waals surface area contributed by atoms with Crippen molar-refractivity contribution >= 4 is 5.82 Å². The van der Waals surface area contributed by atoms with Gasteiger partial charge in [-0.25, -0.2) is 14.6 Å². The normalized spacial score (nSPS) is 11.1. The average Bonchev–Trinajstić information content (AvgIpc) is 2.87. The smallest absolute Gasteiger partial charge is 0.134 e. The second kappa shape index (κ2) is 5.98. The Hall–Kier alpha value is -1.98. The lowest BCUT2D eigenvalue weighted by Gasteiger charge is -2.14. The molecule has 2 heterocycles. The molecule has 1 N–H and O–H groups in total. The van der Waals surface area contributed by atoms with Crippen LogP contribution in [-0.4, -0.2) is 32.0 Å². The van der Waals surface area contributed by atoms with Crippen molar-refractivity contribution in [3.05, 3.63) is 17.6 Å². The molecule has 2 aromatic rings. The van der Waals surface area contributed by atoms with Gasteiger partial charge in [-0.3, -0.25) is 0 Å². The van der Waals surface area contributed by atoms with Gasteiger partial charge in [-0.15, -0.1) is 5.10 Å². The second-order valence-corrected chi connectivity index (χ2v) is 5.15. The van der Waals surface area contributed by atoms with Crippen LogP contribution in [0.4, 0.5) is 5.82 Å². The highest BCUT2D eigenvalue weighted by molar-refractivity contribution is 5.64. The van der Waals surface area contributed by atoms with Crippen LogP contribution in [-0.2, 0) is 6.54 Å². The molecule has 0 unspecified atom stereocenters. The quantitative estimate of drug-likeness (QED) is 0.907. The Morgan fingerprint density at radius 1 is 1.30 bits per heavy atom. The zero-order valence-electron chi connectivity index (χ0n) is 12.8. The van der Waals surface area contributed by atoms with Gasteiger partial charge in [-0.05, 0) is 13.3 Å². The van der Waals surface area contributed by atoms with Crippen LogP contribution < -0.4 is 5.32 Å². The van der Waals surface area contributed by atoms with Crippen LogP contribution >= 0.6 is 0 Å². The van der Waals surface area contributed by atoms with E-state index in [0.717, 1.165) is 41.6 Å². The van der Waals surface area contributed by atoms with E-state index < -0.39 is 0 Å². The molecular weight excluding hydrogens is 252 g/mol. The van der Waals surface area contributed by atoms with Crippen LogP contribution in [0.3, 0.4) is 0 Å². The molecule has 0 amide bonds. The van der Waals surface area contributed by atoms with Gasteiger partial charge in [-0.1, -0.05) is 26.0 Å². The summed E-state index contributed by atoms with van der Waals surface area (Å²) in [6, 6.07) is 0. The van der Waals surface area contributed by atoms with Crippen molar-refractivity contribution in [1.82, 2.24) is 25.0 Å². The van der Waals surface area contributed by atoms with E-state index in [1.54, 1.807) is 6.20 Å². The molecule has 108 valence electrons. The van der Waals surface area contributed by atoms with E-state index in [1.165, 1.54) is 0 Å². The van der Waals surface area contributed by atoms with Gasteiger partial charge in [0.25, 0.3) is 0 Å². The van der Waals surface area contributed by atoms with Gasteiger partial charge >= 0.3 is 0 Å². The molecule has 0 aliphatic carbocycles. The topological polar surface area (TPSA) is 68.5 Å². The van der Waals surface area contributed by atoms with E-state index >= 15 is 0 Å². The molecule has 6 nitrogen and oxygen atoms in total. The molecule has 0 aliphatic rings. The number of nitrogens with one attached hydrogen (secondary N) is 1. The molecule has 0 saturated carbocycles. The lowest BCUT2D eigenvalue weighted by Crippen LogP contribution is -2.09. The van der Waals surface area contributed by atoms with Gasteiger partial charge in [0.2, 0.25) is 0 Å². The fourth-order valence-electron chi connectivity index (χ4n) is 2.10. The second-order valence-electron chi connectivity index (χ2n) is 5.15. The van der Waals surface area contributed by atoms with E-state index in [4.69, 9.17) is 4.98 Å². The summed E-state index contributed by atoms with van der Waals surface area (Å²) in [5.74, 6) is 1.97. The number of rotatable bonds is 5. The maximum absolute atomic E-state index is 4.71. The van der Waals surface area contributed by atoms with Crippen molar-refractivity contribution in [3.8, 4) is 11.4 Å². The van der Waals surface area contributed by atoms with E-state index in [9.17, 15) is 0 Å². The predicted octanol–water partition coefficient (Wildman–Crippen LogP) is 2.62. The molecule has 0 radical (unpaired) electrons. The van der Waals surface area contributed by atoms with Crippen molar-refractivity contribution in [3.63, 3.8) is 0 Å². The van der Waals surface area contributed by atoms with Crippen LogP contribution in [0.25, 0.3) is 11.4 Å². The highest BCUT2D eigenvalue weighted by atomic mass is 15.4. The number of anilines is 1. The van der Waals surface area contributed by atoms with Gasteiger partial charge in [0.15, 0.2) is 0 Å². The van der Waals surface area contributed by atoms with Crippen molar-refractivity contribution in [2.45, 2.75) is 46.6 Å². The van der Waals surface area contributed by atoms with E-state index in [0.29, 0.717) is 0 Å². The molecule has 0 aliphatic heterocycles. The molecule has 0 spiro atoms. The van der Waals surface area contributed by atoms with E-state index in [-0.39, 0.29) is 5.92 Å². The number of hydrogen-bond donors (Lipinski definition) is 1. The lowest BCUT2D eigenvalue weighted by atomic mass is 10.1. The van der Waals surface area contributed by atoms with E-state index in [2.05, 4.69) is 41.4 Å². The molecule has 2 aromatic heterocycles. The van der Waals surface area contributed by atoms with Crippen LogP contribution in [0.5, 0.6) is 0 Å². The van der Waals surface area contributed by atoms with Gasteiger partial charge in [0, 0.05) is 25.1 Å². The summed E-state index contributed by atoms with van der Waals surface area (Å²) in [6.45, 7) is 9.17. The Bertz CT molecular complexity index is 587. The maximum Gasteiger partial charge on any atom is 0.134 e. The largest absolute Gasteiger partial charge is 0.373 e. The minimum Gasteiger partial charge on any atom is -0.373 e. The molecule has 20 heavy (non-hydrogen) atoms. The van der Waals surface area contributed by atoms with Gasteiger partial charge in [0.05, 0.1) is 11.9 Å². The molecule has 0 fully saturated rings. The summed E-state index contributed by atoms with van der Waals surface area (Å²) in [7, 11) is 1.88. The summed E-state index contributed by atoms with van der Waals surface area (Å²) in [5.41, 5.74) is 2.88. The number of nitrogens with zero attached hydrogens (tertiary/aromatic N) is 5. The fourth-order valence-corrected chi connectivity index (χ4v) is 2.10. The Morgan fingerprint density at radius 3 is 2.65 bits per heavy atom. The summed E-state index contributed by atoms with van der Waals surface area (Å²) in [6.07, 6.45) is 2.78. The van der Waals surface area contributed by atoms with E-state index in [1.807, 2.05) is 18.7 Å². The Kier molecular flexibility index (Phi) is 4.32. The third-order valence-electron chi connectivity index (χ3n) is 3.21. The zero-order chi connectivity index (χ0) is 14.7. The van der Waals surface area contributed by atoms with Crippen molar-refractivity contribution in [2.24, 2.45) is 0 Å². The van der Waals surface area contributed by atoms with Crippen LogP contribution in [0.1, 0.15) is 44.5 Å². The Labute approximate surface area is 119 Å². The molecule has 0 atom stereocenters. The summed E-state index contributed by atoms with van der Waals surface area (Å²) < 4.78 is 1.90. The summed E-state index contributed by atoms with van der Waals surface area (Å²) >= 11 is 0. The first-order valence-electron chi connectivity index (χ1n) is 7.03. The minimum absolute atomic E-state index is 0.275. The predicted molar refractivity (Wildman–Crippen MR) is 79.7 cm³/mol. The van der Waals surface area contributed by atoms with Crippen LogP contribution in [0, 0.1) is 6.92 Å². The third-order valence-corrected chi connectivity index (χ3v) is 3.21. The first-order chi connectivity index (χ1) is 9.58. The molecular formula is C14H22N6. The first-order valence-corrected chi connectivity index (χ1v) is 7.03. The first kappa shape index (κ1) is 14.4. The summed E-state index contributed by atoms with van der Waals surface area (Å²) in [4.78, 5) is 9.28. The molecule has 0 aromatic carbocycles. The molecule has 0 bridgehead atoms. The fraction of sp³-hybridized carbons (Fsp3) is 0.571. The van der Waals surface area contributed by atoms with Gasteiger partial charge in [-0.2, -0.15) is 0 Å².